The average Bonchev–Trinajstić information content (AvgIpc) is 3.32. The fourth-order valence-electron chi connectivity index (χ4n) is 5.71. The van der Waals surface area contributed by atoms with Gasteiger partial charge in [-0.1, -0.05) is 18.6 Å². The number of carbonyl (C=O) groups excluding carboxylic acids is 2. The minimum Gasteiger partial charge on any atom is -0.435 e. The normalized spacial score (nSPS) is 16.7. The van der Waals surface area contributed by atoms with E-state index in [1.165, 1.54) is 73.3 Å². The fourth-order valence-corrected chi connectivity index (χ4v) is 5.71. The molecular formula is C31H35F4N5O4. The summed E-state index contributed by atoms with van der Waals surface area (Å²) < 4.78 is 64.7. The van der Waals surface area contributed by atoms with Crippen molar-refractivity contribution in [3.63, 3.8) is 0 Å². The van der Waals surface area contributed by atoms with Gasteiger partial charge in [0.1, 0.15) is 11.3 Å². The number of likely N-dealkylation sites (tertiary alicyclic amines) is 2. The first-order valence-electron chi connectivity index (χ1n) is 14.6. The van der Waals surface area contributed by atoms with E-state index < -0.39 is 24.5 Å². The summed E-state index contributed by atoms with van der Waals surface area (Å²) in [6, 6.07) is 11.1. The number of aromatic nitrogens is 2. The maximum Gasteiger partial charge on any atom is 0.416 e. The number of hydrogen-bond donors (Lipinski definition) is 1. The van der Waals surface area contributed by atoms with Crippen LogP contribution in [-0.2, 0) is 5.92 Å². The van der Waals surface area contributed by atoms with Crippen LogP contribution in [0.2, 0.25) is 0 Å². The number of anilines is 1. The van der Waals surface area contributed by atoms with Crippen molar-refractivity contribution in [1.82, 2.24) is 19.6 Å². The first-order valence-corrected chi connectivity index (χ1v) is 14.6. The molecule has 1 N–H and O–H groups in total. The zero-order valence-electron chi connectivity index (χ0n) is 24.6. The van der Waals surface area contributed by atoms with Crippen molar-refractivity contribution in [1.29, 1.82) is 0 Å². The Hall–Kier alpha value is -4.13. The Morgan fingerprint density at radius 1 is 1.00 bits per heavy atom. The van der Waals surface area contributed by atoms with Crippen LogP contribution < -0.4 is 14.8 Å². The number of amides is 2. The summed E-state index contributed by atoms with van der Waals surface area (Å²) in [6.45, 7) is 2.37. The van der Waals surface area contributed by atoms with Gasteiger partial charge in [0.05, 0.1) is 11.4 Å². The fraction of sp³-hybridized carbons (Fsp3) is 0.452. The molecule has 44 heavy (non-hydrogen) atoms. The Morgan fingerprint density at radius 2 is 1.68 bits per heavy atom. The first-order chi connectivity index (χ1) is 21.0. The highest BCUT2D eigenvalue weighted by atomic mass is 19.3. The van der Waals surface area contributed by atoms with Gasteiger partial charge in [-0.3, -0.25) is 4.79 Å². The average molecular weight is 618 g/mol. The first kappa shape index (κ1) is 31.3. The zero-order valence-corrected chi connectivity index (χ0v) is 24.6. The number of rotatable bonds is 8. The zero-order chi connectivity index (χ0) is 31.4. The molecule has 0 radical (unpaired) electrons. The van der Waals surface area contributed by atoms with E-state index in [9.17, 15) is 27.2 Å². The van der Waals surface area contributed by atoms with E-state index in [0.717, 1.165) is 38.9 Å². The maximum absolute atomic E-state index is 13.9. The van der Waals surface area contributed by atoms with Crippen molar-refractivity contribution < 1.29 is 36.6 Å². The molecule has 0 atom stereocenters. The molecule has 0 aliphatic carbocycles. The number of carbonyl (C=O) groups is 2. The monoisotopic (exact) mass is 617 g/mol. The van der Waals surface area contributed by atoms with E-state index in [-0.39, 0.29) is 34.1 Å². The smallest absolute Gasteiger partial charge is 0.416 e. The number of piperidine rings is 2. The third kappa shape index (κ3) is 7.32. The number of nitrogens with one attached hydrogen (secondary N) is 1. The highest BCUT2D eigenvalue weighted by molar-refractivity contribution is 6.07. The third-order valence-corrected chi connectivity index (χ3v) is 7.99. The number of alkyl halides is 4. The van der Waals surface area contributed by atoms with E-state index in [2.05, 4.69) is 20.1 Å². The van der Waals surface area contributed by atoms with Crippen molar-refractivity contribution in [2.45, 2.75) is 64.5 Å². The number of ether oxygens (including phenoxy) is 2. The SMILES string of the molecule is Cc1nn(-c2ccc(OC(F)F)cc2)c(OC(=O)N2CCC(N3CCCCC3)CC2)c1C(=O)Nc1cccc(C(C)(F)F)c1. The van der Waals surface area contributed by atoms with Gasteiger partial charge >= 0.3 is 12.7 Å². The van der Waals surface area contributed by atoms with Gasteiger partial charge in [-0.2, -0.15) is 18.6 Å². The Bertz CT molecular complexity index is 1460. The molecule has 2 fully saturated rings. The van der Waals surface area contributed by atoms with Crippen LogP contribution in [0, 0.1) is 6.92 Å². The lowest BCUT2D eigenvalue weighted by Crippen LogP contribution is -2.48. The largest absolute Gasteiger partial charge is 0.435 e. The molecule has 0 saturated carbocycles. The van der Waals surface area contributed by atoms with Crippen LogP contribution in [0.4, 0.5) is 28.0 Å². The van der Waals surface area contributed by atoms with Crippen molar-refractivity contribution in [2.24, 2.45) is 0 Å². The molecule has 0 unspecified atom stereocenters. The Kier molecular flexibility index (Phi) is 9.42. The summed E-state index contributed by atoms with van der Waals surface area (Å²) in [4.78, 5) is 31.1. The maximum atomic E-state index is 13.9. The van der Waals surface area contributed by atoms with Crippen molar-refractivity contribution >= 4 is 17.7 Å². The van der Waals surface area contributed by atoms with Crippen molar-refractivity contribution in [2.75, 3.05) is 31.5 Å². The summed E-state index contributed by atoms with van der Waals surface area (Å²) >= 11 is 0. The van der Waals surface area contributed by atoms with Gasteiger partial charge in [0.2, 0.25) is 5.88 Å². The standard InChI is InChI=1S/C31H35F4N5O4/c1-20-26(27(41)36-22-8-6-7-21(19-22)31(2,34)35)28(40(37-20)24-9-11-25(12-10-24)43-29(32)33)44-30(42)39-17-13-23(14-18-39)38-15-4-3-5-16-38/h6-12,19,23,29H,3-5,13-18H2,1-2H3,(H,36,41). The Labute approximate surface area is 252 Å². The lowest BCUT2D eigenvalue weighted by molar-refractivity contribution is -0.0498. The topological polar surface area (TPSA) is 88.9 Å². The second-order valence-corrected chi connectivity index (χ2v) is 11.2. The van der Waals surface area contributed by atoms with E-state index in [1.807, 2.05) is 0 Å². The van der Waals surface area contributed by atoms with Crippen LogP contribution in [0.25, 0.3) is 5.69 Å². The van der Waals surface area contributed by atoms with Crippen LogP contribution in [0.1, 0.15) is 60.6 Å². The van der Waals surface area contributed by atoms with Crippen LogP contribution in [0.3, 0.4) is 0 Å². The Morgan fingerprint density at radius 3 is 2.32 bits per heavy atom. The molecule has 3 aromatic rings. The number of benzene rings is 2. The van der Waals surface area contributed by atoms with Crippen LogP contribution >= 0.6 is 0 Å². The van der Waals surface area contributed by atoms with E-state index in [4.69, 9.17) is 4.74 Å². The molecule has 0 bridgehead atoms. The predicted molar refractivity (Wildman–Crippen MR) is 155 cm³/mol. The molecule has 2 saturated heterocycles. The van der Waals surface area contributed by atoms with Crippen LogP contribution in [-0.4, -0.2) is 70.4 Å². The number of hydrogen-bond acceptors (Lipinski definition) is 6. The Balaban J connectivity index is 1.40. The quantitative estimate of drug-likeness (QED) is 0.287. The van der Waals surface area contributed by atoms with E-state index in [1.54, 1.807) is 4.90 Å². The molecule has 5 rings (SSSR count). The van der Waals surface area contributed by atoms with Gasteiger partial charge in [0.15, 0.2) is 0 Å². The van der Waals surface area contributed by atoms with Gasteiger partial charge in [0.25, 0.3) is 11.8 Å². The highest BCUT2D eigenvalue weighted by Gasteiger charge is 2.32. The molecule has 2 aliphatic rings. The molecule has 2 amide bonds. The van der Waals surface area contributed by atoms with E-state index in [0.29, 0.717) is 24.8 Å². The minimum atomic E-state index is -3.12. The van der Waals surface area contributed by atoms with Crippen molar-refractivity contribution in [3.8, 4) is 17.3 Å². The molecule has 236 valence electrons. The lowest BCUT2D eigenvalue weighted by Gasteiger charge is -2.39. The summed E-state index contributed by atoms with van der Waals surface area (Å²) in [5, 5.41) is 7.01. The second kappa shape index (κ2) is 13.2. The summed E-state index contributed by atoms with van der Waals surface area (Å²) in [5.41, 5.74) is 0.260. The highest BCUT2D eigenvalue weighted by Crippen LogP contribution is 2.32. The molecular weight excluding hydrogens is 582 g/mol. The summed E-state index contributed by atoms with van der Waals surface area (Å²) in [7, 11) is 0. The minimum absolute atomic E-state index is 0.0804. The van der Waals surface area contributed by atoms with Gasteiger partial charge in [0, 0.05) is 37.3 Å². The number of halogens is 4. The predicted octanol–water partition coefficient (Wildman–Crippen LogP) is 6.60. The van der Waals surface area contributed by atoms with Gasteiger partial charge in [-0.05, 0) is 82.1 Å². The van der Waals surface area contributed by atoms with Gasteiger partial charge in [-0.25, -0.2) is 13.6 Å². The molecule has 2 aromatic carbocycles. The molecule has 9 nitrogen and oxygen atoms in total. The van der Waals surface area contributed by atoms with Crippen LogP contribution in [0.5, 0.6) is 11.6 Å². The summed E-state index contributed by atoms with van der Waals surface area (Å²) in [5.74, 6) is -4.13. The molecule has 2 aliphatic heterocycles. The second-order valence-electron chi connectivity index (χ2n) is 11.2. The number of nitrogens with zero attached hydrogens (tertiary/aromatic N) is 4. The number of aryl methyl sites for hydroxylation is 1. The van der Waals surface area contributed by atoms with E-state index >= 15 is 0 Å². The van der Waals surface area contributed by atoms with Crippen molar-refractivity contribution in [3.05, 3.63) is 65.4 Å². The lowest BCUT2D eigenvalue weighted by atomic mass is 10.0. The van der Waals surface area contributed by atoms with Gasteiger partial charge < -0.3 is 24.6 Å². The van der Waals surface area contributed by atoms with Gasteiger partial charge in [-0.15, -0.1) is 0 Å². The van der Waals surface area contributed by atoms with Crippen LogP contribution in [0.15, 0.2) is 48.5 Å². The summed E-state index contributed by atoms with van der Waals surface area (Å²) in [6.07, 6.45) is 4.52. The third-order valence-electron chi connectivity index (χ3n) is 7.99. The molecule has 13 heteroatoms. The molecule has 3 heterocycles. The molecule has 0 spiro atoms. The molecule has 1 aromatic heterocycles.